The first-order valence-corrected chi connectivity index (χ1v) is 5.44. The van der Waals surface area contributed by atoms with Crippen molar-refractivity contribution in [1.82, 2.24) is 0 Å². The van der Waals surface area contributed by atoms with E-state index in [0.717, 1.165) is 17.7 Å². The molecule has 0 radical (unpaired) electrons. The zero-order valence-corrected chi connectivity index (χ0v) is 10.2. The van der Waals surface area contributed by atoms with Crippen LogP contribution in [-0.4, -0.2) is 12.2 Å². The number of allylic oxidation sites excluding steroid dienone is 1. The second kappa shape index (κ2) is 5.17. The molecule has 1 aromatic rings. The molecule has 0 aliphatic heterocycles. The van der Waals surface area contributed by atoms with E-state index in [1.54, 1.807) is 7.11 Å². The van der Waals surface area contributed by atoms with Crippen LogP contribution in [0.1, 0.15) is 31.9 Å². The van der Waals surface area contributed by atoms with Crippen molar-refractivity contribution >= 4 is 0 Å². The minimum atomic E-state index is -0.489. The average Bonchev–Trinajstić information content (AvgIpc) is 2.28. The van der Waals surface area contributed by atoms with Gasteiger partial charge in [0.2, 0.25) is 0 Å². The van der Waals surface area contributed by atoms with Crippen LogP contribution >= 0.6 is 0 Å². The molecule has 0 spiro atoms. The molecule has 0 aliphatic rings. The van der Waals surface area contributed by atoms with Crippen LogP contribution in [-0.2, 0) is 0 Å². The monoisotopic (exact) mass is 220 g/mol. The lowest BCUT2D eigenvalue weighted by atomic mass is 9.80. The van der Waals surface area contributed by atoms with E-state index < -0.39 is 6.10 Å². The van der Waals surface area contributed by atoms with Crippen LogP contribution in [0.15, 0.2) is 36.9 Å². The lowest BCUT2D eigenvalue weighted by Gasteiger charge is -2.29. The van der Waals surface area contributed by atoms with Crippen LogP contribution in [0.4, 0.5) is 0 Å². The first-order valence-electron chi connectivity index (χ1n) is 5.44. The Hall–Kier alpha value is -1.28. The third-order valence-electron chi connectivity index (χ3n) is 2.84. The molecule has 1 aromatic carbocycles. The highest BCUT2D eigenvalue weighted by atomic mass is 16.5. The van der Waals surface area contributed by atoms with Crippen LogP contribution < -0.4 is 4.74 Å². The largest absolute Gasteiger partial charge is 0.497 e. The third kappa shape index (κ3) is 2.86. The van der Waals surface area contributed by atoms with E-state index in [1.807, 2.05) is 44.2 Å². The van der Waals surface area contributed by atoms with E-state index >= 15 is 0 Å². The highest BCUT2D eigenvalue weighted by Gasteiger charge is 2.27. The summed E-state index contributed by atoms with van der Waals surface area (Å²) < 4.78 is 5.08. The lowest BCUT2D eigenvalue weighted by molar-refractivity contribution is 0.0514. The van der Waals surface area contributed by atoms with E-state index in [1.165, 1.54) is 0 Å². The van der Waals surface area contributed by atoms with Crippen molar-refractivity contribution in [2.45, 2.75) is 26.4 Å². The molecule has 0 saturated heterocycles. The maximum absolute atomic E-state index is 10.3. The zero-order valence-electron chi connectivity index (χ0n) is 10.2. The number of hydrogen-bond acceptors (Lipinski definition) is 2. The smallest absolute Gasteiger partial charge is 0.118 e. The Labute approximate surface area is 97.6 Å². The SMILES string of the molecule is C=CCC(C)(C)C(O)c1ccc(OC)cc1. The highest BCUT2D eigenvalue weighted by molar-refractivity contribution is 5.29. The fourth-order valence-electron chi connectivity index (χ4n) is 1.72. The summed E-state index contributed by atoms with van der Waals surface area (Å²) in [7, 11) is 1.63. The van der Waals surface area contributed by atoms with Crippen molar-refractivity contribution in [3.05, 3.63) is 42.5 Å². The molecule has 1 N–H and O–H groups in total. The van der Waals surface area contributed by atoms with E-state index in [9.17, 15) is 5.11 Å². The number of aliphatic hydroxyl groups is 1. The molecular formula is C14H20O2. The summed E-state index contributed by atoms with van der Waals surface area (Å²) >= 11 is 0. The Morgan fingerprint density at radius 2 is 1.94 bits per heavy atom. The topological polar surface area (TPSA) is 29.5 Å². The van der Waals surface area contributed by atoms with Crippen molar-refractivity contribution in [3.8, 4) is 5.75 Å². The number of methoxy groups -OCH3 is 1. The molecule has 0 aliphatic carbocycles. The predicted octanol–water partition coefficient (Wildman–Crippen LogP) is 3.33. The molecule has 2 nitrogen and oxygen atoms in total. The van der Waals surface area contributed by atoms with E-state index in [-0.39, 0.29) is 5.41 Å². The van der Waals surface area contributed by atoms with E-state index in [2.05, 4.69) is 6.58 Å². The quantitative estimate of drug-likeness (QED) is 0.771. The van der Waals surface area contributed by atoms with Crippen LogP contribution in [0.25, 0.3) is 0 Å². The molecule has 16 heavy (non-hydrogen) atoms. The first-order chi connectivity index (χ1) is 7.51. The molecule has 0 fully saturated rings. The molecule has 88 valence electrons. The summed E-state index contributed by atoms with van der Waals surface area (Å²) in [5, 5.41) is 10.3. The third-order valence-corrected chi connectivity index (χ3v) is 2.84. The van der Waals surface area contributed by atoms with Gasteiger partial charge in [-0.25, -0.2) is 0 Å². The second-order valence-electron chi connectivity index (χ2n) is 4.66. The van der Waals surface area contributed by atoms with Gasteiger partial charge >= 0.3 is 0 Å². The Balaban J connectivity index is 2.86. The van der Waals surface area contributed by atoms with Gasteiger partial charge in [0.1, 0.15) is 5.75 Å². The first kappa shape index (κ1) is 12.8. The number of hydrogen-bond donors (Lipinski definition) is 1. The Kier molecular flexibility index (Phi) is 4.13. The normalized spacial score (nSPS) is 13.2. The van der Waals surface area contributed by atoms with Crippen molar-refractivity contribution in [2.24, 2.45) is 5.41 Å². The molecule has 0 amide bonds. The number of ether oxygens (including phenoxy) is 1. The minimum absolute atomic E-state index is 0.198. The maximum atomic E-state index is 10.3. The van der Waals surface area contributed by atoms with Crippen LogP contribution in [0.2, 0.25) is 0 Å². The molecule has 2 heteroatoms. The maximum Gasteiger partial charge on any atom is 0.118 e. The van der Waals surface area contributed by atoms with Crippen molar-refractivity contribution < 1.29 is 9.84 Å². The molecule has 0 heterocycles. The summed E-state index contributed by atoms with van der Waals surface area (Å²) in [5.74, 6) is 0.803. The fraction of sp³-hybridized carbons (Fsp3) is 0.429. The van der Waals surface area contributed by atoms with E-state index in [4.69, 9.17) is 4.74 Å². The van der Waals surface area contributed by atoms with Crippen LogP contribution in [0.5, 0.6) is 5.75 Å². The summed E-state index contributed by atoms with van der Waals surface area (Å²) in [6.07, 6.45) is 2.13. The van der Waals surface area contributed by atoms with E-state index in [0.29, 0.717) is 0 Å². The molecule has 0 saturated carbocycles. The fourth-order valence-corrected chi connectivity index (χ4v) is 1.72. The second-order valence-corrected chi connectivity index (χ2v) is 4.66. The van der Waals surface area contributed by atoms with Gasteiger partial charge in [0.05, 0.1) is 13.2 Å². The average molecular weight is 220 g/mol. The molecule has 1 unspecified atom stereocenters. The molecular weight excluding hydrogens is 200 g/mol. The summed E-state index contributed by atoms with van der Waals surface area (Å²) in [6, 6.07) is 7.52. The standard InChI is InChI=1S/C14H20O2/c1-5-10-14(2,3)13(15)11-6-8-12(16-4)9-7-11/h5-9,13,15H,1,10H2,2-4H3. The van der Waals surface area contributed by atoms with Gasteiger partial charge in [-0.3, -0.25) is 0 Å². The van der Waals surface area contributed by atoms with Gasteiger partial charge in [-0.15, -0.1) is 6.58 Å². The van der Waals surface area contributed by atoms with Gasteiger partial charge in [0.15, 0.2) is 0 Å². The Bertz CT molecular complexity index is 338. The summed E-state index contributed by atoms with van der Waals surface area (Å²) in [5.41, 5.74) is 0.712. The van der Waals surface area contributed by atoms with Crippen molar-refractivity contribution in [3.63, 3.8) is 0 Å². The highest BCUT2D eigenvalue weighted by Crippen LogP contribution is 2.36. The summed E-state index contributed by atoms with van der Waals surface area (Å²) in [6.45, 7) is 7.78. The molecule has 1 atom stereocenters. The number of rotatable bonds is 5. The van der Waals surface area contributed by atoms with Crippen molar-refractivity contribution in [1.29, 1.82) is 0 Å². The Morgan fingerprint density at radius 3 is 2.38 bits per heavy atom. The predicted molar refractivity (Wildman–Crippen MR) is 66.5 cm³/mol. The number of benzene rings is 1. The summed E-state index contributed by atoms with van der Waals surface area (Å²) in [4.78, 5) is 0. The van der Waals surface area contributed by atoms with Gasteiger partial charge in [0.25, 0.3) is 0 Å². The molecule has 0 bridgehead atoms. The van der Waals surface area contributed by atoms with Gasteiger partial charge in [-0.2, -0.15) is 0 Å². The van der Waals surface area contributed by atoms with Crippen LogP contribution in [0.3, 0.4) is 0 Å². The Morgan fingerprint density at radius 1 is 1.38 bits per heavy atom. The van der Waals surface area contributed by atoms with Crippen LogP contribution in [0, 0.1) is 5.41 Å². The van der Waals surface area contributed by atoms with Crippen molar-refractivity contribution in [2.75, 3.05) is 7.11 Å². The van der Waals surface area contributed by atoms with Gasteiger partial charge in [0, 0.05) is 0 Å². The van der Waals surface area contributed by atoms with Gasteiger partial charge in [-0.1, -0.05) is 32.1 Å². The zero-order chi connectivity index (χ0) is 12.2. The minimum Gasteiger partial charge on any atom is -0.497 e. The van der Waals surface area contributed by atoms with Gasteiger partial charge < -0.3 is 9.84 Å². The molecule has 0 aromatic heterocycles. The molecule has 1 rings (SSSR count). The lowest BCUT2D eigenvalue weighted by Crippen LogP contribution is -2.21. The van der Waals surface area contributed by atoms with Gasteiger partial charge in [-0.05, 0) is 29.5 Å². The number of aliphatic hydroxyl groups excluding tert-OH is 1.